The predicted octanol–water partition coefficient (Wildman–Crippen LogP) is 0.269. The number of hydrogen-bond acceptors (Lipinski definition) is 4. The van der Waals surface area contributed by atoms with E-state index in [-0.39, 0.29) is 5.91 Å². The Kier molecular flexibility index (Phi) is 2.44. The number of aromatic nitrogens is 1. The summed E-state index contributed by atoms with van der Waals surface area (Å²) in [6.07, 6.45) is 0. The molecule has 0 saturated carbocycles. The standard InChI is InChI=1S/C7H11N3O2/c1-4-3-6(10-12-4)9-7(11)5(2)8/h3,5H,8H2,1-2H3,(H,9,10,11)/t5-/m0/s1. The van der Waals surface area contributed by atoms with Gasteiger partial charge in [-0.2, -0.15) is 0 Å². The summed E-state index contributed by atoms with van der Waals surface area (Å²) < 4.78 is 4.74. The third kappa shape index (κ3) is 2.06. The lowest BCUT2D eigenvalue weighted by atomic mass is 10.3. The minimum absolute atomic E-state index is 0.275. The first-order chi connectivity index (χ1) is 5.59. The van der Waals surface area contributed by atoms with Crippen molar-refractivity contribution in [2.24, 2.45) is 5.73 Å². The molecule has 1 aromatic rings. The second-order valence-corrected chi connectivity index (χ2v) is 2.60. The van der Waals surface area contributed by atoms with Crippen LogP contribution in [0.15, 0.2) is 10.6 Å². The van der Waals surface area contributed by atoms with Gasteiger partial charge in [0.15, 0.2) is 5.82 Å². The first-order valence-corrected chi connectivity index (χ1v) is 3.59. The van der Waals surface area contributed by atoms with Gasteiger partial charge in [0.2, 0.25) is 5.91 Å². The molecular formula is C7H11N3O2. The fourth-order valence-electron chi connectivity index (χ4n) is 0.665. The fourth-order valence-corrected chi connectivity index (χ4v) is 0.665. The molecule has 1 amide bonds. The summed E-state index contributed by atoms with van der Waals surface area (Å²) in [5, 5.41) is 6.07. The van der Waals surface area contributed by atoms with E-state index in [2.05, 4.69) is 10.5 Å². The van der Waals surface area contributed by atoms with Crippen molar-refractivity contribution in [2.45, 2.75) is 19.9 Å². The molecule has 0 spiro atoms. The van der Waals surface area contributed by atoms with Gasteiger partial charge in [0, 0.05) is 6.07 Å². The second-order valence-electron chi connectivity index (χ2n) is 2.60. The smallest absolute Gasteiger partial charge is 0.242 e. The number of carbonyl (C=O) groups is 1. The maximum absolute atomic E-state index is 11.0. The molecule has 1 rings (SSSR count). The minimum Gasteiger partial charge on any atom is -0.360 e. The van der Waals surface area contributed by atoms with Gasteiger partial charge in [-0.05, 0) is 13.8 Å². The third-order valence-electron chi connectivity index (χ3n) is 1.29. The van der Waals surface area contributed by atoms with E-state index in [0.29, 0.717) is 11.6 Å². The molecule has 12 heavy (non-hydrogen) atoms. The van der Waals surface area contributed by atoms with Gasteiger partial charge in [-0.3, -0.25) is 4.79 Å². The average Bonchev–Trinajstić information content (AvgIpc) is 2.35. The highest BCUT2D eigenvalue weighted by atomic mass is 16.5. The molecule has 0 aliphatic carbocycles. The molecular weight excluding hydrogens is 158 g/mol. The predicted molar refractivity (Wildman–Crippen MR) is 43.5 cm³/mol. The summed E-state index contributed by atoms with van der Waals surface area (Å²) in [4.78, 5) is 11.0. The summed E-state index contributed by atoms with van der Waals surface area (Å²) >= 11 is 0. The largest absolute Gasteiger partial charge is 0.360 e. The molecule has 1 atom stereocenters. The fraction of sp³-hybridized carbons (Fsp3) is 0.429. The molecule has 1 heterocycles. The summed E-state index contributed by atoms with van der Waals surface area (Å²) in [5.74, 6) is 0.771. The van der Waals surface area contributed by atoms with E-state index >= 15 is 0 Å². The van der Waals surface area contributed by atoms with Crippen LogP contribution in [0, 0.1) is 6.92 Å². The second kappa shape index (κ2) is 3.36. The van der Waals surface area contributed by atoms with Gasteiger partial charge < -0.3 is 15.6 Å². The first kappa shape index (κ1) is 8.73. The number of rotatable bonds is 2. The summed E-state index contributed by atoms with van der Waals surface area (Å²) in [5.41, 5.74) is 5.32. The van der Waals surface area contributed by atoms with E-state index in [0.717, 1.165) is 0 Å². The van der Waals surface area contributed by atoms with Crippen LogP contribution in [-0.2, 0) is 4.79 Å². The average molecular weight is 169 g/mol. The molecule has 5 nitrogen and oxygen atoms in total. The van der Waals surface area contributed by atoms with Crippen LogP contribution >= 0.6 is 0 Å². The Bertz CT molecular complexity index is 280. The maximum atomic E-state index is 11.0. The molecule has 66 valence electrons. The Morgan fingerprint density at radius 2 is 2.50 bits per heavy atom. The van der Waals surface area contributed by atoms with Crippen LogP contribution in [-0.4, -0.2) is 17.1 Å². The molecule has 0 fully saturated rings. The van der Waals surface area contributed by atoms with E-state index in [4.69, 9.17) is 10.3 Å². The van der Waals surface area contributed by atoms with Crippen LogP contribution in [0.2, 0.25) is 0 Å². The van der Waals surface area contributed by atoms with Gasteiger partial charge in [0.25, 0.3) is 0 Å². The molecule has 0 aliphatic rings. The summed E-state index contributed by atoms with van der Waals surface area (Å²) in [7, 11) is 0. The molecule has 0 saturated heterocycles. The molecule has 1 aromatic heterocycles. The van der Waals surface area contributed by atoms with Gasteiger partial charge >= 0.3 is 0 Å². The Balaban J connectivity index is 2.58. The number of amides is 1. The lowest BCUT2D eigenvalue weighted by Gasteiger charge is -2.02. The lowest BCUT2D eigenvalue weighted by Crippen LogP contribution is -2.32. The van der Waals surface area contributed by atoms with Gasteiger partial charge in [0.05, 0.1) is 6.04 Å². The van der Waals surface area contributed by atoms with Crippen molar-refractivity contribution in [3.63, 3.8) is 0 Å². The van der Waals surface area contributed by atoms with E-state index in [1.54, 1.807) is 19.9 Å². The molecule has 3 N–H and O–H groups in total. The number of hydrogen-bond donors (Lipinski definition) is 2. The Morgan fingerprint density at radius 3 is 2.92 bits per heavy atom. The highest BCUT2D eigenvalue weighted by molar-refractivity contribution is 5.93. The number of nitrogens with two attached hydrogens (primary N) is 1. The Hall–Kier alpha value is -1.36. The Morgan fingerprint density at radius 1 is 1.83 bits per heavy atom. The summed E-state index contributed by atoms with van der Waals surface area (Å²) in [6, 6.07) is 1.09. The van der Waals surface area contributed by atoms with Gasteiger partial charge in [-0.15, -0.1) is 0 Å². The van der Waals surface area contributed by atoms with Crippen molar-refractivity contribution in [1.29, 1.82) is 0 Å². The van der Waals surface area contributed by atoms with Crippen LogP contribution in [0.4, 0.5) is 5.82 Å². The molecule has 0 radical (unpaired) electrons. The number of nitrogens with zero attached hydrogens (tertiary/aromatic N) is 1. The van der Waals surface area contributed by atoms with Crippen molar-refractivity contribution in [2.75, 3.05) is 5.32 Å². The molecule has 0 aromatic carbocycles. The minimum atomic E-state index is -0.540. The van der Waals surface area contributed by atoms with E-state index in [1.165, 1.54) is 0 Å². The highest BCUT2D eigenvalue weighted by Crippen LogP contribution is 2.06. The zero-order chi connectivity index (χ0) is 9.14. The third-order valence-corrected chi connectivity index (χ3v) is 1.29. The van der Waals surface area contributed by atoms with Gasteiger partial charge in [-0.1, -0.05) is 5.16 Å². The zero-order valence-corrected chi connectivity index (χ0v) is 7.00. The number of carbonyl (C=O) groups excluding carboxylic acids is 1. The molecule has 0 bridgehead atoms. The van der Waals surface area contributed by atoms with Crippen LogP contribution in [0.1, 0.15) is 12.7 Å². The molecule has 0 aliphatic heterocycles. The highest BCUT2D eigenvalue weighted by Gasteiger charge is 2.09. The topological polar surface area (TPSA) is 81.2 Å². The number of aryl methyl sites for hydroxylation is 1. The van der Waals surface area contributed by atoms with E-state index < -0.39 is 6.04 Å². The monoisotopic (exact) mass is 169 g/mol. The van der Waals surface area contributed by atoms with Gasteiger partial charge in [-0.25, -0.2) is 0 Å². The van der Waals surface area contributed by atoms with Gasteiger partial charge in [0.1, 0.15) is 5.76 Å². The normalized spacial score (nSPS) is 12.6. The van der Waals surface area contributed by atoms with Crippen LogP contribution in [0.25, 0.3) is 0 Å². The lowest BCUT2D eigenvalue weighted by molar-refractivity contribution is -0.117. The number of anilines is 1. The molecule has 5 heteroatoms. The SMILES string of the molecule is Cc1cc(NC(=O)[C@H](C)N)no1. The Labute approximate surface area is 69.9 Å². The maximum Gasteiger partial charge on any atom is 0.242 e. The number of nitrogens with one attached hydrogen (secondary N) is 1. The molecule has 0 unspecified atom stereocenters. The van der Waals surface area contributed by atoms with Crippen LogP contribution < -0.4 is 11.1 Å². The van der Waals surface area contributed by atoms with E-state index in [1.807, 2.05) is 0 Å². The van der Waals surface area contributed by atoms with Crippen molar-refractivity contribution in [3.05, 3.63) is 11.8 Å². The van der Waals surface area contributed by atoms with Crippen molar-refractivity contribution < 1.29 is 9.32 Å². The van der Waals surface area contributed by atoms with Crippen molar-refractivity contribution >= 4 is 11.7 Å². The van der Waals surface area contributed by atoms with E-state index in [9.17, 15) is 4.79 Å². The first-order valence-electron chi connectivity index (χ1n) is 3.59. The quantitative estimate of drug-likeness (QED) is 0.665. The summed E-state index contributed by atoms with van der Waals surface area (Å²) in [6.45, 7) is 3.34. The van der Waals surface area contributed by atoms with Crippen LogP contribution in [0.3, 0.4) is 0 Å². The zero-order valence-electron chi connectivity index (χ0n) is 7.00. The van der Waals surface area contributed by atoms with Crippen molar-refractivity contribution in [3.8, 4) is 0 Å². The van der Waals surface area contributed by atoms with Crippen LogP contribution in [0.5, 0.6) is 0 Å². The van der Waals surface area contributed by atoms with Crippen molar-refractivity contribution in [1.82, 2.24) is 5.16 Å².